The molecule has 204 valence electrons. The van der Waals surface area contributed by atoms with Crippen molar-refractivity contribution in [2.24, 2.45) is 0 Å². The normalized spacial score (nSPS) is 20.1. The molecule has 0 aliphatic carbocycles. The molecule has 0 spiro atoms. The van der Waals surface area contributed by atoms with Crippen LogP contribution in [-0.4, -0.2) is 77.4 Å². The average Bonchev–Trinajstić information content (AvgIpc) is 3.26. The molecule has 2 aromatic carbocycles. The van der Waals surface area contributed by atoms with Gasteiger partial charge < -0.3 is 10.1 Å². The number of hydrogen-bond acceptors (Lipinski definition) is 6. The van der Waals surface area contributed by atoms with Crippen molar-refractivity contribution < 1.29 is 28.4 Å². The fraction of sp³-hybridized carbons (Fsp3) is 0.467. The monoisotopic (exact) mass is 522 g/mol. The largest absolute Gasteiger partial charge is 0.524 e. The quantitative estimate of drug-likeness (QED) is 0.501. The van der Waals surface area contributed by atoms with Crippen LogP contribution < -0.4 is 5.32 Å². The van der Waals surface area contributed by atoms with Gasteiger partial charge in [-0.15, -0.1) is 0 Å². The van der Waals surface area contributed by atoms with Crippen LogP contribution in [-0.2, 0) is 20.7 Å². The lowest BCUT2D eigenvalue weighted by Gasteiger charge is -2.35. The molecule has 38 heavy (non-hydrogen) atoms. The Kier molecular flexibility index (Phi) is 9.57. The number of nitrogens with one attached hydrogen (secondary N) is 1. The number of imide groups is 1. The minimum absolute atomic E-state index is 0.0546. The van der Waals surface area contributed by atoms with E-state index >= 15 is 0 Å². The zero-order valence-electron chi connectivity index (χ0n) is 23.1. The number of hydrogen-bond donors (Lipinski definition) is 1. The molecule has 0 bridgehead atoms. The molecule has 1 aliphatic heterocycles. The lowest BCUT2D eigenvalue weighted by molar-refractivity contribution is -0.793. The summed E-state index contributed by atoms with van der Waals surface area (Å²) in [6.07, 6.45) is 1.29. The first kappa shape index (κ1) is 29.2. The molecule has 8 nitrogen and oxygen atoms in total. The van der Waals surface area contributed by atoms with E-state index in [0.717, 1.165) is 18.4 Å². The Labute approximate surface area is 225 Å². The molecular weight excluding hydrogens is 482 g/mol. The number of ketones is 1. The van der Waals surface area contributed by atoms with Gasteiger partial charge in [-0.05, 0) is 58.9 Å². The molecule has 0 radical (unpaired) electrons. The topological polar surface area (TPSA) is 92.8 Å². The third-order valence-corrected chi connectivity index (χ3v) is 6.89. The molecule has 0 saturated carbocycles. The fourth-order valence-corrected chi connectivity index (χ4v) is 4.88. The summed E-state index contributed by atoms with van der Waals surface area (Å²) >= 11 is 0. The summed E-state index contributed by atoms with van der Waals surface area (Å²) in [4.78, 5) is 54.7. The van der Waals surface area contributed by atoms with Crippen molar-refractivity contribution in [2.45, 2.75) is 64.6 Å². The molecule has 3 rings (SSSR count). The minimum atomic E-state index is -0.776. The number of rotatable bonds is 9. The molecule has 1 N–H and O–H groups in total. The van der Waals surface area contributed by atoms with Crippen molar-refractivity contribution >= 4 is 23.7 Å². The predicted octanol–water partition coefficient (Wildman–Crippen LogP) is 3.99. The number of amides is 3. The van der Waals surface area contributed by atoms with Gasteiger partial charge in [-0.1, -0.05) is 48.5 Å². The maximum Gasteiger partial charge on any atom is 0.524 e. The minimum Gasteiger partial charge on any atom is -0.414 e. The van der Waals surface area contributed by atoms with Gasteiger partial charge in [-0.3, -0.25) is 14.5 Å². The number of likely N-dealkylation sites (tertiary alicyclic amines) is 1. The van der Waals surface area contributed by atoms with Gasteiger partial charge in [-0.2, -0.15) is 9.28 Å². The molecule has 1 aliphatic rings. The van der Waals surface area contributed by atoms with E-state index in [2.05, 4.69) is 5.32 Å². The second kappa shape index (κ2) is 12.5. The van der Waals surface area contributed by atoms with Crippen LogP contribution in [0.3, 0.4) is 0 Å². The Bertz CT molecular complexity index is 1130. The van der Waals surface area contributed by atoms with Gasteiger partial charge in [0.2, 0.25) is 0 Å². The number of benzene rings is 2. The molecular formula is C30H40N3O5+. The standard InChI is InChI=1S/C30H39N3O5/c1-22-13-12-18-33(22,29(37)38-30(2,3)4)27(35)21-32(5)20-26(34)25(19-23-14-8-6-9-15-23)31-28(36)24-16-10-7-11-17-24/h6-11,14-17,22,25H,12-13,18-21H2,1-5H3/p+1/t22-,25?,33?/m1/s1. The lowest BCUT2D eigenvalue weighted by Crippen LogP contribution is -2.62. The van der Waals surface area contributed by atoms with E-state index in [4.69, 9.17) is 4.74 Å². The predicted molar refractivity (Wildman–Crippen MR) is 145 cm³/mol. The number of nitrogens with zero attached hydrogens (tertiary/aromatic N) is 2. The maximum absolute atomic E-state index is 13.6. The van der Waals surface area contributed by atoms with Gasteiger partial charge >= 0.3 is 12.0 Å². The van der Waals surface area contributed by atoms with Gasteiger partial charge in [0.25, 0.3) is 5.91 Å². The third-order valence-electron chi connectivity index (χ3n) is 6.89. The maximum atomic E-state index is 13.6. The Balaban J connectivity index is 1.73. The molecule has 2 aromatic rings. The van der Waals surface area contributed by atoms with Gasteiger partial charge in [-0.25, -0.2) is 4.79 Å². The second-order valence-electron chi connectivity index (χ2n) is 11.2. The van der Waals surface area contributed by atoms with Crippen molar-refractivity contribution in [3.05, 3.63) is 71.8 Å². The number of ether oxygens (including phenoxy) is 1. The first-order valence-corrected chi connectivity index (χ1v) is 13.2. The van der Waals surface area contributed by atoms with E-state index < -0.39 is 17.7 Å². The first-order valence-electron chi connectivity index (χ1n) is 13.2. The van der Waals surface area contributed by atoms with Gasteiger partial charge in [0, 0.05) is 18.4 Å². The smallest absolute Gasteiger partial charge is 0.414 e. The van der Waals surface area contributed by atoms with Crippen molar-refractivity contribution in [1.29, 1.82) is 0 Å². The highest BCUT2D eigenvalue weighted by molar-refractivity contribution is 5.98. The molecule has 8 heteroatoms. The number of likely N-dealkylation sites (N-methyl/N-ethyl adjacent to an activating group) is 1. The molecule has 3 atom stereocenters. The Morgan fingerprint density at radius 1 is 1.00 bits per heavy atom. The van der Waals surface area contributed by atoms with E-state index in [9.17, 15) is 19.2 Å². The van der Waals surface area contributed by atoms with Crippen molar-refractivity contribution in [3.8, 4) is 0 Å². The van der Waals surface area contributed by atoms with Crippen LogP contribution in [0.1, 0.15) is 56.5 Å². The van der Waals surface area contributed by atoms with Crippen molar-refractivity contribution in [3.63, 3.8) is 0 Å². The van der Waals surface area contributed by atoms with Gasteiger partial charge in [0.05, 0.1) is 19.1 Å². The number of carbonyl (C=O) groups is 4. The Hall–Kier alpha value is -3.36. The SMILES string of the molecule is C[C@@H]1CCC[N+]1(C(=O)CN(C)CC(=O)C(Cc1ccccc1)NC(=O)c1ccccc1)C(=O)OC(C)(C)C. The van der Waals surface area contributed by atoms with Crippen LogP contribution in [0.15, 0.2) is 60.7 Å². The van der Waals surface area contributed by atoms with Crippen LogP contribution in [0.2, 0.25) is 0 Å². The molecule has 2 unspecified atom stereocenters. The zero-order chi connectivity index (χ0) is 27.9. The highest BCUT2D eigenvalue weighted by Crippen LogP contribution is 2.30. The summed E-state index contributed by atoms with van der Waals surface area (Å²) in [5.41, 5.74) is 0.668. The lowest BCUT2D eigenvalue weighted by atomic mass is 10.0. The summed E-state index contributed by atoms with van der Waals surface area (Å²) in [7, 11) is 1.68. The summed E-state index contributed by atoms with van der Waals surface area (Å²) in [5, 5.41) is 2.88. The van der Waals surface area contributed by atoms with E-state index in [1.165, 1.54) is 0 Å². The number of Topliss-reactive ketones (excluding diaryl/α,β-unsaturated/α-hetero) is 1. The summed E-state index contributed by atoms with van der Waals surface area (Å²) in [5.74, 6) is -0.835. The van der Waals surface area contributed by atoms with Crippen LogP contribution in [0.25, 0.3) is 0 Å². The number of quaternary nitrogens is 1. The molecule has 1 saturated heterocycles. The zero-order valence-corrected chi connectivity index (χ0v) is 23.1. The third kappa shape index (κ3) is 7.36. The Morgan fingerprint density at radius 2 is 1.61 bits per heavy atom. The first-order chi connectivity index (χ1) is 17.9. The van der Waals surface area contributed by atoms with E-state index in [1.807, 2.05) is 43.3 Å². The Morgan fingerprint density at radius 3 is 2.16 bits per heavy atom. The van der Waals surface area contributed by atoms with Crippen molar-refractivity contribution in [1.82, 2.24) is 10.2 Å². The van der Waals surface area contributed by atoms with Gasteiger partial charge in [0.1, 0.15) is 18.2 Å². The molecule has 3 amide bonds. The van der Waals surface area contributed by atoms with Crippen molar-refractivity contribution in [2.75, 3.05) is 26.7 Å². The second-order valence-corrected chi connectivity index (χ2v) is 11.2. The highest BCUT2D eigenvalue weighted by Gasteiger charge is 2.54. The van der Waals surface area contributed by atoms with E-state index in [-0.39, 0.29) is 41.2 Å². The summed E-state index contributed by atoms with van der Waals surface area (Å²) in [6.45, 7) is 7.51. The van der Waals surface area contributed by atoms with Crippen LogP contribution in [0, 0.1) is 0 Å². The molecule has 0 aromatic heterocycles. The van der Waals surface area contributed by atoms with Gasteiger partial charge in [0.15, 0.2) is 5.78 Å². The molecule has 1 fully saturated rings. The van der Waals surface area contributed by atoms with E-state index in [1.54, 1.807) is 57.0 Å². The highest BCUT2D eigenvalue weighted by atomic mass is 16.6. The van der Waals surface area contributed by atoms with Crippen LogP contribution in [0.4, 0.5) is 4.79 Å². The average molecular weight is 523 g/mol. The van der Waals surface area contributed by atoms with E-state index in [0.29, 0.717) is 18.5 Å². The summed E-state index contributed by atoms with van der Waals surface area (Å²) in [6, 6.07) is 17.3. The number of carbonyl (C=O) groups excluding carboxylic acids is 4. The van der Waals surface area contributed by atoms with Crippen LogP contribution >= 0.6 is 0 Å². The van der Waals surface area contributed by atoms with Crippen LogP contribution in [0.5, 0.6) is 0 Å². The molecule has 1 heterocycles. The summed E-state index contributed by atoms with van der Waals surface area (Å²) < 4.78 is 5.28. The fourth-order valence-electron chi connectivity index (χ4n) is 4.88.